The lowest BCUT2D eigenvalue weighted by molar-refractivity contribution is -0.114. The standard InChI is InChI=1S/C15H13BrN4O/c1-20(14-7-6-11(8-17)9-18-14)10-15(21)19-13-5-3-2-4-12(13)16/h2-7,9H,10H2,1H3,(H,19,21). The quantitative estimate of drug-likeness (QED) is 0.925. The zero-order chi connectivity index (χ0) is 15.2. The number of aromatic nitrogens is 1. The first kappa shape index (κ1) is 15.0. The van der Waals surface area contributed by atoms with Crippen molar-refractivity contribution in [3.8, 4) is 6.07 Å². The molecule has 1 aromatic heterocycles. The lowest BCUT2D eigenvalue weighted by Gasteiger charge is -2.17. The molecule has 0 saturated heterocycles. The van der Waals surface area contributed by atoms with Gasteiger partial charge in [0.2, 0.25) is 5.91 Å². The minimum Gasteiger partial charge on any atom is -0.350 e. The summed E-state index contributed by atoms with van der Waals surface area (Å²) in [6.07, 6.45) is 1.48. The maximum Gasteiger partial charge on any atom is 0.243 e. The summed E-state index contributed by atoms with van der Waals surface area (Å²) in [6.45, 7) is 0.167. The molecule has 5 nitrogen and oxygen atoms in total. The lowest BCUT2D eigenvalue weighted by atomic mass is 10.3. The monoisotopic (exact) mass is 344 g/mol. The third kappa shape index (κ3) is 4.04. The molecule has 1 N–H and O–H groups in total. The summed E-state index contributed by atoms with van der Waals surface area (Å²) in [5.41, 5.74) is 1.22. The fourth-order valence-electron chi connectivity index (χ4n) is 1.73. The molecular formula is C15H13BrN4O. The Balaban J connectivity index is 1.99. The Bertz CT molecular complexity index is 679. The predicted octanol–water partition coefficient (Wildman–Crippen LogP) is 2.79. The minimum absolute atomic E-state index is 0.143. The number of hydrogen-bond donors (Lipinski definition) is 1. The molecule has 0 aliphatic carbocycles. The van der Waals surface area contributed by atoms with Gasteiger partial charge in [0.05, 0.1) is 17.8 Å². The van der Waals surface area contributed by atoms with Crippen LogP contribution in [0.15, 0.2) is 47.1 Å². The maximum atomic E-state index is 12.0. The van der Waals surface area contributed by atoms with Gasteiger partial charge in [-0.1, -0.05) is 12.1 Å². The molecule has 0 unspecified atom stereocenters. The number of carbonyl (C=O) groups excluding carboxylic acids is 1. The number of benzene rings is 1. The highest BCUT2D eigenvalue weighted by atomic mass is 79.9. The van der Waals surface area contributed by atoms with E-state index in [1.165, 1.54) is 6.20 Å². The van der Waals surface area contributed by atoms with Crippen LogP contribution in [0, 0.1) is 11.3 Å². The number of anilines is 2. The summed E-state index contributed by atoms with van der Waals surface area (Å²) in [5, 5.41) is 11.6. The highest BCUT2D eigenvalue weighted by Gasteiger charge is 2.10. The number of carbonyl (C=O) groups is 1. The number of likely N-dealkylation sites (N-methyl/N-ethyl adjacent to an activating group) is 1. The average Bonchev–Trinajstić information content (AvgIpc) is 2.49. The fourth-order valence-corrected chi connectivity index (χ4v) is 2.11. The second-order valence-electron chi connectivity index (χ2n) is 4.40. The van der Waals surface area contributed by atoms with Crippen molar-refractivity contribution in [2.75, 3.05) is 23.8 Å². The Morgan fingerprint density at radius 3 is 2.76 bits per heavy atom. The summed E-state index contributed by atoms with van der Waals surface area (Å²) < 4.78 is 0.831. The summed E-state index contributed by atoms with van der Waals surface area (Å²) in [4.78, 5) is 17.9. The molecule has 106 valence electrons. The molecule has 6 heteroatoms. The lowest BCUT2D eigenvalue weighted by Crippen LogP contribution is -2.30. The minimum atomic E-state index is -0.143. The van der Waals surface area contributed by atoms with Crippen LogP contribution in [-0.2, 0) is 4.79 Å². The normalized spacial score (nSPS) is 9.76. The molecule has 0 saturated carbocycles. The van der Waals surface area contributed by atoms with Crippen molar-refractivity contribution < 1.29 is 4.79 Å². The van der Waals surface area contributed by atoms with E-state index in [-0.39, 0.29) is 12.5 Å². The zero-order valence-electron chi connectivity index (χ0n) is 11.4. The largest absolute Gasteiger partial charge is 0.350 e. The van der Waals surface area contributed by atoms with Crippen LogP contribution in [-0.4, -0.2) is 24.5 Å². The van der Waals surface area contributed by atoms with E-state index in [1.54, 1.807) is 24.1 Å². The number of nitrogens with one attached hydrogen (secondary N) is 1. The van der Waals surface area contributed by atoms with E-state index < -0.39 is 0 Å². The fraction of sp³-hybridized carbons (Fsp3) is 0.133. The maximum absolute atomic E-state index is 12.0. The van der Waals surface area contributed by atoms with E-state index in [9.17, 15) is 4.79 Å². The van der Waals surface area contributed by atoms with Gasteiger partial charge in [0.15, 0.2) is 0 Å². The SMILES string of the molecule is CN(CC(=O)Nc1ccccc1Br)c1ccc(C#N)cn1. The molecule has 0 spiro atoms. The second kappa shape index (κ2) is 6.86. The van der Waals surface area contributed by atoms with Crippen LogP contribution in [0.3, 0.4) is 0 Å². The summed E-state index contributed by atoms with van der Waals surface area (Å²) in [7, 11) is 1.77. The van der Waals surface area contributed by atoms with E-state index in [4.69, 9.17) is 5.26 Å². The number of rotatable bonds is 4. The van der Waals surface area contributed by atoms with Gasteiger partial charge in [-0.05, 0) is 40.2 Å². The molecule has 0 fully saturated rings. The molecule has 1 heterocycles. The molecule has 0 aliphatic rings. The average molecular weight is 345 g/mol. The Hall–Kier alpha value is -2.39. The third-order valence-corrected chi connectivity index (χ3v) is 3.49. The van der Waals surface area contributed by atoms with Crippen molar-refractivity contribution in [2.45, 2.75) is 0 Å². The van der Waals surface area contributed by atoms with Crippen LogP contribution < -0.4 is 10.2 Å². The van der Waals surface area contributed by atoms with Crippen molar-refractivity contribution >= 4 is 33.3 Å². The second-order valence-corrected chi connectivity index (χ2v) is 5.26. The first-order valence-corrected chi connectivity index (χ1v) is 7.01. The number of para-hydroxylation sites is 1. The zero-order valence-corrected chi connectivity index (χ0v) is 13.0. The topological polar surface area (TPSA) is 69.0 Å². The van der Waals surface area contributed by atoms with Gasteiger partial charge in [-0.15, -0.1) is 0 Å². The first-order valence-electron chi connectivity index (χ1n) is 6.22. The van der Waals surface area contributed by atoms with Crippen molar-refractivity contribution in [3.63, 3.8) is 0 Å². The van der Waals surface area contributed by atoms with Gasteiger partial charge in [0, 0.05) is 17.7 Å². The molecule has 2 rings (SSSR count). The van der Waals surface area contributed by atoms with Crippen LogP contribution in [0.2, 0.25) is 0 Å². The van der Waals surface area contributed by atoms with E-state index in [1.807, 2.05) is 30.3 Å². The summed E-state index contributed by atoms with van der Waals surface area (Å²) in [5.74, 6) is 0.492. The molecule has 0 radical (unpaired) electrons. The summed E-state index contributed by atoms with van der Waals surface area (Å²) in [6, 6.07) is 12.8. The number of nitrogens with zero attached hydrogens (tertiary/aromatic N) is 3. The van der Waals surface area contributed by atoms with Crippen molar-refractivity contribution in [1.29, 1.82) is 5.26 Å². The number of hydrogen-bond acceptors (Lipinski definition) is 4. The molecule has 0 bridgehead atoms. The number of amides is 1. The van der Waals surface area contributed by atoms with Crippen molar-refractivity contribution in [2.24, 2.45) is 0 Å². The van der Waals surface area contributed by atoms with Crippen molar-refractivity contribution in [1.82, 2.24) is 4.98 Å². The molecular weight excluding hydrogens is 332 g/mol. The van der Waals surface area contributed by atoms with Gasteiger partial charge >= 0.3 is 0 Å². The molecule has 1 aromatic carbocycles. The molecule has 1 amide bonds. The highest BCUT2D eigenvalue weighted by Crippen LogP contribution is 2.21. The Morgan fingerprint density at radius 2 is 2.14 bits per heavy atom. The molecule has 0 atom stereocenters. The molecule has 2 aromatic rings. The first-order chi connectivity index (χ1) is 10.1. The Morgan fingerprint density at radius 1 is 1.38 bits per heavy atom. The third-order valence-electron chi connectivity index (χ3n) is 2.80. The predicted molar refractivity (Wildman–Crippen MR) is 85.0 cm³/mol. The Labute approximate surface area is 131 Å². The van der Waals surface area contributed by atoms with Crippen LogP contribution in [0.4, 0.5) is 11.5 Å². The number of halogens is 1. The van der Waals surface area contributed by atoms with Gasteiger partial charge in [0.25, 0.3) is 0 Å². The Kier molecular flexibility index (Phi) is 4.90. The van der Waals surface area contributed by atoms with E-state index in [0.717, 1.165) is 10.2 Å². The smallest absolute Gasteiger partial charge is 0.243 e. The van der Waals surface area contributed by atoms with Crippen molar-refractivity contribution in [3.05, 3.63) is 52.6 Å². The molecule has 21 heavy (non-hydrogen) atoms. The van der Waals surface area contributed by atoms with Gasteiger partial charge in [-0.25, -0.2) is 4.98 Å². The van der Waals surface area contributed by atoms with Gasteiger partial charge < -0.3 is 10.2 Å². The summed E-state index contributed by atoms with van der Waals surface area (Å²) >= 11 is 3.38. The van der Waals surface area contributed by atoms with Crippen LogP contribution in [0.25, 0.3) is 0 Å². The highest BCUT2D eigenvalue weighted by molar-refractivity contribution is 9.10. The van der Waals surface area contributed by atoms with Gasteiger partial charge in [0.1, 0.15) is 11.9 Å². The van der Waals surface area contributed by atoms with Crippen LogP contribution in [0.5, 0.6) is 0 Å². The van der Waals surface area contributed by atoms with Crippen LogP contribution in [0.1, 0.15) is 5.56 Å². The van der Waals surface area contributed by atoms with Gasteiger partial charge in [-0.2, -0.15) is 5.26 Å². The van der Waals surface area contributed by atoms with E-state index in [2.05, 4.69) is 26.2 Å². The van der Waals surface area contributed by atoms with Crippen LogP contribution >= 0.6 is 15.9 Å². The van der Waals surface area contributed by atoms with E-state index in [0.29, 0.717) is 11.4 Å². The van der Waals surface area contributed by atoms with E-state index >= 15 is 0 Å². The number of nitriles is 1. The van der Waals surface area contributed by atoms with Gasteiger partial charge in [-0.3, -0.25) is 4.79 Å². The molecule has 0 aliphatic heterocycles. The number of pyridine rings is 1.